The van der Waals surface area contributed by atoms with Gasteiger partial charge in [-0.05, 0) is 30.9 Å². The van der Waals surface area contributed by atoms with Gasteiger partial charge in [-0.2, -0.15) is 0 Å². The van der Waals surface area contributed by atoms with E-state index < -0.39 is 12.1 Å². The molecule has 1 aromatic heterocycles. The van der Waals surface area contributed by atoms with Crippen molar-refractivity contribution in [2.45, 2.75) is 43.8 Å². The molecule has 0 bridgehead atoms. The van der Waals surface area contributed by atoms with Crippen LogP contribution in [0.1, 0.15) is 32.0 Å². The van der Waals surface area contributed by atoms with E-state index in [4.69, 9.17) is 4.74 Å². The summed E-state index contributed by atoms with van der Waals surface area (Å²) < 4.78 is 7.22. The number of methoxy groups -OCH3 is 1. The highest BCUT2D eigenvalue weighted by molar-refractivity contribution is 7.99. The Hall–Kier alpha value is -3.08. The van der Waals surface area contributed by atoms with Gasteiger partial charge in [0, 0.05) is 38.0 Å². The molecule has 2 aromatic rings. The number of urea groups is 1. The van der Waals surface area contributed by atoms with E-state index in [1.165, 1.54) is 11.8 Å². The van der Waals surface area contributed by atoms with Crippen molar-refractivity contribution in [2.75, 3.05) is 26.0 Å². The van der Waals surface area contributed by atoms with Crippen LogP contribution in [-0.4, -0.2) is 69.5 Å². The first-order valence-corrected chi connectivity index (χ1v) is 12.0. The zero-order chi connectivity index (χ0) is 23.4. The number of thioether (sulfide) groups is 1. The van der Waals surface area contributed by atoms with E-state index in [1.54, 1.807) is 7.11 Å². The van der Waals surface area contributed by atoms with Gasteiger partial charge in [0.15, 0.2) is 5.16 Å². The van der Waals surface area contributed by atoms with Crippen LogP contribution in [0.3, 0.4) is 0 Å². The molecule has 176 valence electrons. The first-order chi connectivity index (χ1) is 15.9. The van der Waals surface area contributed by atoms with Crippen molar-refractivity contribution in [3.63, 3.8) is 0 Å². The van der Waals surface area contributed by atoms with Crippen molar-refractivity contribution in [1.29, 1.82) is 0 Å². The lowest BCUT2D eigenvalue weighted by molar-refractivity contribution is -0.129. The molecule has 2 aliphatic rings. The van der Waals surface area contributed by atoms with Crippen molar-refractivity contribution in [3.05, 3.63) is 30.1 Å². The smallest absolute Gasteiger partial charge is 0.321 e. The number of piperidine rings is 1. The Labute approximate surface area is 196 Å². The van der Waals surface area contributed by atoms with Gasteiger partial charge in [-0.25, -0.2) is 4.79 Å². The highest BCUT2D eigenvalue weighted by atomic mass is 32.2. The first-order valence-electron chi connectivity index (χ1n) is 11.0. The molecule has 1 unspecified atom stereocenters. The van der Waals surface area contributed by atoms with Crippen molar-refractivity contribution < 1.29 is 19.1 Å². The maximum absolute atomic E-state index is 12.8. The number of nitrogens with zero attached hydrogens (tertiary/aromatic N) is 4. The van der Waals surface area contributed by atoms with Crippen LogP contribution in [0.15, 0.2) is 29.4 Å². The molecule has 11 heteroatoms. The van der Waals surface area contributed by atoms with Gasteiger partial charge in [-0.1, -0.05) is 24.8 Å². The SMILES string of the molecule is COc1cccc(-n2c(CC3CC(=O)NC(=O)N3)nnc2SCC(=O)N2CCC(C)CC2)c1. The molecule has 10 nitrogen and oxygen atoms in total. The zero-order valence-electron chi connectivity index (χ0n) is 18.7. The number of aromatic nitrogens is 3. The number of nitrogens with one attached hydrogen (secondary N) is 2. The summed E-state index contributed by atoms with van der Waals surface area (Å²) in [5.74, 6) is 1.94. The average Bonchev–Trinajstić information content (AvgIpc) is 3.19. The lowest BCUT2D eigenvalue weighted by atomic mass is 9.99. The molecular weight excluding hydrogens is 444 g/mol. The molecule has 1 aromatic carbocycles. The third kappa shape index (κ3) is 5.65. The van der Waals surface area contributed by atoms with Gasteiger partial charge in [-0.15, -0.1) is 10.2 Å². The van der Waals surface area contributed by atoms with Crippen molar-refractivity contribution >= 4 is 29.6 Å². The molecule has 1 atom stereocenters. The van der Waals surface area contributed by atoms with Crippen LogP contribution in [0, 0.1) is 5.92 Å². The fourth-order valence-corrected chi connectivity index (χ4v) is 4.90. The second-order valence-corrected chi connectivity index (χ2v) is 9.36. The molecule has 33 heavy (non-hydrogen) atoms. The number of carbonyl (C=O) groups excluding carboxylic acids is 3. The Kier molecular flexibility index (Phi) is 7.17. The van der Waals surface area contributed by atoms with Crippen molar-refractivity contribution in [3.8, 4) is 11.4 Å². The van der Waals surface area contributed by atoms with E-state index in [-0.39, 0.29) is 24.0 Å². The predicted molar refractivity (Wildman–Crippen MR) is 122 cm³/mol. The summed E-state index contributed by atoms with van der Waals surface area (Å²) >= 11 is 1.33. The molecule has 0 aliphatic carbocycles. The molecule has 2 fully saturated rings. The molecule has 0 radical (unpaired) electrons. The standard InChI is InChI=1S/C22H28N6O4S/c1-14-6-8-27(9-7-14)20(30)13-33-22-26-25-18(10-15-11-19(29)24-21(31)23-15)28(22)16-4-3-5-17(12-16)32-2/h3-5,12,14-15H,6-11,13H2,1-2H3,(H2,23,24,29,31). The van der Waals surface area contributed by atoms with Crippen LogP contribution in [0.25, 0.3) is 5.69 Å². The number of ether oxygens (including phenoxy) is 1. The van der Waals surface area contributed by atoms with E-state index >= 15 is 0 Å². The Bertz CT molecular complexity index is 1020. The maximum Gasteiger partial charge on any atom is 0.321 e. The second-order valence-electron chi connectivity index (χ2n) is 8.41. The fraction of sp³-hybridized carbons (Fsp3) is 0.500. The minimum atomic E-state index is -0.514. The van der Waals surface area contributed by atoms with E-state index in [1.807, 2.05) is 33.7 Å². The zero-order valence-corrected chi connectivity index (χ0v) is 19.6. The number of likely N-dealkylation sites (tertiary alicyclic amines) is 1. The van der Waals surface area contributed by atoms with Gasteiger partial charge in [0.05, 0.1) is 18.6 Å². The van der Waals surface area contributed by atoms with Gasteiger partial charge in [-0.3, -0.25) is 19.5 Å². The maximum atomic E-state index is 12.8. The quantitative estimate of drug-likeness (QED) is 0.590. The van der Waals surface area contributed by atoms with Crippen LogP contribution in [0.5, 0.6) is 5.75 Å². The van der Waals surface area contributed by atoms with E-state index in [9.17, 15) is 14.4 Å². The van der Waals surface area contributed by atoms with Crippen LogP contribution < -0.4 is 15.4 Å². The van der Waals surface area contributed by atoms with Crippen molar-refractivity contribution in [1.82, 2.24) is 30.3 Å². The Morgan fingerprint density at radius 2 is 2.03 bits per heavy atom. The largest absolute Gasteiger partial charge is 0.497 e. The lowest BCUT2D eigenvalue weighted by Gasteiger charge is -2.30. The number of rotatable bonds is 7. The van der Waals surface area contributed by atoms with Crippen LogP contribution in [-0.2, 0) is 16.0 Å². The Balaban J connectivity index is 1.55. The van der Waals surface area contributed by atoms with Crippen LogP contribution in [0.2, 0.25) is 0 Å². The normalized spacial score (nSPS) is 19.2. The van der Waals surface area contributed by atoms with Crippen LogP contribution >= 0.6 is 11.8 Å². The second kappa shape index (κ2) is 10.2. The molecule has 2 saturated heterocycles. The molecule has 0 saturated carbocycles. The highest BCUT2D eigenvalue weighted by Gasteiger charge is 2.27. The third-order valence-electron chi connectivity index (χ3n) is 5.92. The molecule has 4 amide bonds. The number of carbonyl (C=O) groups is 3. The summed E-state index contributed by atoms with van der Waals surface area (Å²) in [5.41, 5.74) is 0.780. The topological polar surface area (TPSA) is 118 Å². The fourth-order valence-electron chi connectivity index (χ4n) is 4.03. The summed E-state index contributed by atoms with van der Waals surface area (Å²) in [6.07, 6.45) is 2.54. The summed E-state index contributed by atoms with van der Waals surface area (Å²) in [5, 5.41) is 14.2. The number of imide groups is 1. The molecule has 3 heterocycles. The number of benzene rings is 1. The summed E-state index contributed by atoms with van der Waals surface area (Å²) in [4.78, 5) is 38.2. The molecule has 2 aliphatic heterocycles. The van der Waals surface area contributed by atoms with Crippen LogP contribution in [0.4, 0.5) is 4.79 Å². The average molecular weight is 473 g/mol. The van der Waals surface area contributed by atoms with Gasteiger partial charge in [0.25, 0.3) is 0 Å². The van der Waals surface area contributed by atoms with Gasteiger partial charge < -0.3 is 15.0 Å². The van der Waals surface area contributed by atoms with Crippen molar-refractivity contribution in [2.24, 2.45) is 5.92 Å². The summed E-state index contributed by atoms with van der Waals surface area (Å²) in [6.45, 7) is 3.79. The minimum Gasteiger partial charge on any atom is -0.497 e. The van der Waals surface area contributed by atoms with E-state index in [2.05, 4.69) is 27.8 Å². The summed E-state index contributed by atoms with van der Waals surface area (Å²) in [6, 6.07) is 6.56. The third-order valence-corrected chi connectivity index (χ3v) is 6.84. The summed E-state index contributed by atoms with van der Waals surface area (Å²) in [7, 11) is 1.59. The molecular formula is C22H28N6O4S. The number of amides is 4. The Morgan fingerprint density at radius 3 is 2.76 bits per heavy atom. The monoisotopic (exact) mass is 472 g/mol. The minimum absolute atomic E-state index is 0.0878. The molecule has 0 spiro atoms. The van der Waals surface area contributed by atoms with Gasteiger partial charge in [0.2, 0.25) is 11.8 Å². The van der Waals surface area contributed by atoms with E-state index in [0.717, 1.165) is 31.6 Å². The number of hydrogen-bond acceptors (Lipinski definition) is 7. The predicted octanol–water partition coefficient (Wildman–Crippen LogP) is 1.77. The highest BCUT2D eigenvalue weighted by Crippen LogP contribution is 2.26. The van der Waals surface area contributed by atoms with Gasteiger partial charge >= 0.3 is 6.03 Å². The molecule has 2 N–H and O–H groups in total. The van der Waals surface area contributed by atoms with E-state index in [0.29, 0.717) is 29.1 Å². The Morgan fingerprint density at radius 1 is 1.24 bits per heavy atom. The molecule has 4 rings (SSSR count). The van der Waals surface area contributed by atoms with Gasteiger partial charge in [0.1, 0.15) is 11.6 Å². The first kappa shape index (κ1) is 23.1. The number of hydrogen-bond donors (Lipinski definition) is 2. The lowest BCUT2D eigenvalue weighted by Crippen LogP contribution is -2.53.